The summed E-state index contributed by atoms with van der Waals surface area (Å²) in [5.74, 6) is -0.603. The van der Waals surface area contributed by atoms with Crippen LogP contribution in [-0.2, 0) is 19.1 Å². The van der Waals surface area contributed by atoms with E-state index in [0.29, 0.717) is 13.0 Å². The maximum atomic E-state index is 11.4. The summed E-state index contributed by atoms with van der Waals surface area (Å²) in [5, 5.41) is 2.57. The number of nitrogens with two attached hydrogens (primary N) is 1. The fraction of sp³-hybridized carbons (Fsp3) is 0.800. The van der Waals surface area contributed by atoms with Crippen LogP contribution in [0.3, 0.4) is 0 Å². The lowest BCUT2D eigenvalue weighted by Crippen LogP contribution is -2.41. The molecule has 0 spiro atoms. The first kappa shape index (κ1) is 14.9. The number of carbonyl (C=O) groups is 2. The number of hydrogen-bond donors (Lipinski definition) is 2. The van der Waals surface area contributed by atoms with E-state index in [0.717, 1.165) is 6.42 Å². The van der Waals surface area contributed by atoms with Crippen LogP contribution in [0.1, 0.15) is 19.3 Å². The molecule has 6 heteroatoms. The van der Waals surface area contributed by atoms with E-state index >= 15 is 0 Å². The van der Waals surface area contributed by atoms with Crippen molar-refractivity contribution in [3.8, 4) is 0 Å². The highest BCUT2D eigenvalue weighted by molar-refractivity contribution is 5.81. The van der Waals surface area contributed by atoms with E-state index in [1.807, 2.05) is 0 Å². The van der Waals surface area contributed by atoms with Gasteiger partial charge in [0.05, 0.1) is 19.6 Å². The number of esters is 1. The highest BCUT2D eigenvalue weighted by Crippen LogP contribution is 1.95. The van der Waals surface area contributed by atoms with Gasteiger partial charge in [0.15, 0.2) is 0 Å². The van der Waals surface area contributed by atoms with E-state index in [1.165, 1.54) is 7.11 Å². The lowest BCUT2D eigenvalue weighted by molar-refractivity contribution is -0.140. The Balaban J connectivity index is 3.58. The third-order valence-corrected chi connectivity index (χ3v) is 2.06. The van der Waals surface area contributed by atoms with Crippen molar-refractivity contribution in [3.05, 3.63) is 0 Å². The minimum atomic E-state index is -0.548. The molecule has 1 atom stereocenters. The standard InChI is InChI=1S/C10H20N2O4/c1-15-7-3-4-8(11)10(14)12-6-5-9(13)16-2/h8H,3-7,11H2,1-2H3,(H,12,14). The summed E-state index contributed by atoms with van der Waals surface area (Å²) in [7, 11) is 2.91. The predicted molar refractivity (Wildman–Crippen MR) is 58.7 cm³/mol. The van der Waals surface area contributed by atoms with Crippen LogP contribution < -0.4 is 11.1 Å². The zero-order chi connectivity index (χ0) is 12.4. The quantitative estimate of drug-likeness (QED) is 0.431. The van der Waals surface area contributed by atoms with E-state index < -0.39 is 6.04 Å². The van der Waals surface area contributed by atoms with Crippen LogP contribution in [0.4, 0.5) is 0 Å². The van der Waals surface area contributed by atoms with Crippen molar-refractivity contribution in [2.24, 2.45) is 5.73 Å². The normalized spacial score (nSPS) is 11.9. The van der Waals surface area contributed by atoms with Crippen LogP contribution in [0.2, 0.25) is 0 Å². The van der Waals surface area contributed by atoms with Crippen molar-refractivity contribution in [2.45, 2.75) is 25.3 Å². The molecule has 0 bridgehead atoms. The second-order valence-electron chi connectivity index (χ2n) is 3.36. The summed E-state index contributed by atoms with van der Waals surface area (Å²) in [6.07, 6.45) is 1.47. The first-order chi connectivity index (χ1) is 7.61. The molecule has 0 saturated heterocycles. The summed E-state index contributed by atoms with van der Waals surface area (Å²) < 4.78 is 9.28. The Labute approximate surface area is 95.5 Å². The van der Waals surface area contributed by atoms with Crippen LogP contribution in [0.5, 0.6) is 0 Å². The smallest absolute Gasteiger partial charge is 0.307 e. The molecule has 0 fully saturated rings. The molecule has 0 aromatic heterocycles. The Kier molecular flexibility index (Phi) is 8.46. The van der Waals surface area contributed by atoms with Gasteiger partial charge in [0.25, 0.3) is 0 Å². The van der Waals surface area contributed by atoms with Crippen molar-refractivity contribution >= 4 is 11.9 Å². The number of amides is 1. The molecule has 0 saturated carbocycles. The van der Waals surface area contributed by atoms with Gasteiger partial charge in [0.2, 0.25) is 5.91 Å². The summed E-state index contributed by atoms with van der Waals surface area (Å²) in [5.41, 5.74) is 5.62. The SMILES string of the molecule is COCCCC(N)C(=O)NCCC(=O)OC. The van der Waals surface area contributed by atoms with Gasteiger partial charge in [-0.15, -0.1) is 0 Å². The molecule has 6 nitrogen and oxygen atoms in total. The summed E-state index contributed by atoms with van der Waals surface area (Å²) in [6.45, 7) is 0.840. The number of hydrogen-bond acceptors (Lipinski definition) is 5. The molecule has 0 rings (SSSR count). The van der Waals surface area contributed by atoms with Gasteiger partial charge in [-0.3, -0.25) is 9.59 Å². The first-order valence-electron chi connectivity index (χ1n) is 5.20. The third-order valence-electron chi connectivity index (χ3n) is 2.06. The Morgan fingerprint density at radius 1 is 1.38 bits per heavy atom. The van der Waals surface area contributed by atoms with Gasteiger partial charge < -0.3 is 20.5 Å². The van der Waals surface area contributed by atoms with E-state index in [4.69, 9.17) is 10.5 Å². The molecule has 0 heterocycles. The summed E-state index contributed by atoms with van der Waals surface area (Å²) in [4.78, 5) is 22.1. The van der Waals surface area contributed by atoms with Crippen LogP contribution in [0, 0.1) is 0 Å². The highest BCUT2D eigenvalue weighted by Gasteiger charge is 2.12. The van der Waals surface area contributed by atoms with Gasteiger partial charge in [0.1, 0.15) is 0 Å². The van der Waals surface area contributed by atoms with Gasteiger partial charge in [-0.05, 0) is 12.8 Å². The number of carbonyl (C=O) groups excluding carboxylic acids is 2. The Bertz CT molecular complexity index is 221. The highest BCUT2D eigenvalue weighted by atomic mass is 16.5. The zero-order valence-corrected chi connectivity index (χ0v) is 9.82. The molecule has 0 aliphatic rings. The lowest BCUT2D eigenvalue weighted by Gasteiger charge is -2.11. The number of rotatable bonds is 8. The molecule has 0 aromatic carbocycles. The zero-order valence-electron chi connectivity index (χ0n) is 9.82. The van der Waals surface area contributed by atoms with Crippen molar-refractivity contribution < 1.29 is 19.1 Å². The van der Waals surface area contributed by atoms with Crippen molar-refractivity contribution in [2.75, 3.05) is 27.4 Å². The minimum absolute atomic E-state index is 0.160. The van der Waals surface area contributed by atoms with Crippen LogP contribution in [0.15, 0.2) is 0 Å². The Morgan fingerprint density at radius 2 is 2.06 bits per heavy atom. The average molecular weight is 232 g/mol. The van der Waals surface area contributed by atoms with Crippen LogP contribution in [0.25, 0.3) is 0 Å². The molecule has 1 unspecified atom stereocenters. The lowest BCUT2D eigenvalue weighted by atomic mass is 10.1. The molecule has 1 amide bonds. The molecule has 0 aromatic rings. The molecule has 16 heavy (non-hydrogen) atoms. The maximum Gasteiger partial charge on any atom is 0.307 e. The van der Waals surface area contributed by atoms with Gasteiger partial charge in [-0.1, -0.05) is 0 Å². The van der Waals surface area contributed by atoms with E-state index in [2.05, 4.69) is 10.1 Å². The van der Waals surface area contributed by atoms with E-state index in [-0.39, 0.29) is 24.8 Å². The van der Waals surface area contributed by atoms with Gasteiger partial charge in [0, 0.05) is 20.3 Å². The second-order valence-corrected chi connectivity index (χ2v) is 3.36. The molecule has 0 radical (unpaired) electrons. The van der Waals surface area contributed by atoms with Crippen LogP contribution in [-0.4, -0.2) is 45.3 Å². The van der Waals surface area contributed by atoms with Gasteiger partial charge >= 0.3 is 5.97 Å². The Hall–Kier alpha value is -1.14. The average Bonchev–Trinajstić information content (AvgIpc) is 2.28. The van der Waals surface area contributed by atoms with Crippen molar-refractivity contribution in [1.82, 2.24) is 5.32 Å². The monoisotopic (exact) mass is 232 g/mol. The molecule has 3 N–H and O–H groups in total. The molecular weight excluding hydrogens is 212 g/mol. The van der Waals surface area contributed by atoms with Gasteiger partial charge in [-0.2, -0.15) is 0 Å². The molecule has 0 aliphatic heterocycles. The largest absolute Gasteiger partial charge is 0.469 e. The molecular formula is C10H20N2O4. The fourth-order valence-electron chi connectivity index (χ4n) is 1.10. The molecule has 94 valence electrons. The number of methoxy groups -OCH3 is 2. The number of ether oxygens (including phenoxy) is 2. The fourth-order valence-corrected chi connectivity index (χ4v) is 1.10. The van der Waals surface area contributed by atoms with Crippen molar-refractivity contribution in [1.29, 1.82) is 0 Å². The Morgan fingerprint density at radius 3 is 2.62 bits per heavy atom. The third kappa shape index (κ3) is 7.19. The summed E-state index contributed by atoms with van der Waals surface area (Å²) in [6, 6.07) is -0.548. The van der Waals surface area contributed by atoms with Gasteiger partial charge in [-0.25, -0.2) is 0 Å². The maximum absolute atomic E-state index is 11.4. The van der Waals surface area contributed by atoms with Crippen LogP contribution >= 0.6 is 0 Å². The minimum Gasteiger partial charge on any atom is -0.469 e. The van der Waals surface area contributed by atoms with E-state index in [1.54, 1.807) is 7.11 Å². The number of nitrogens with one attached hydrogen (secondary N) is 1. The molecule has 0 aliphatic carbocycles. The topological polar surface area (TPSA) is 90.6 Å². The van der Waals surface area contributed by atoms with E-state index in [9.17, 15) is 9.59 Å². The second kappa shape index (κ2) is 9.11. The predicted octanol–water partition coefficient (Wildman–Crippen LogP) is -0.580. The summed E-state index contributed by atoms with van der Waals surface area (Å²) >= 11 is 0. The first-order valence-corrected chi connectivity index (χ1v) is 5.20. The van der Waals surface area contributed by atoms with Crippen molar-refractivity contribution in [3.63, 3.8) is 0 Å².